The van der Waals surface area contributed by atoms with Crippen LogP contribution in [0.25, 0.3) is 10.9 Å². The van der Waals surface area contributed by atoms with Crippen molar-refractivity contribution in [1.29, 1.82) is 0 Å². The van der Waals surface area contributed by atoms with Crippen LogP contribution in [0, 0.1) is 12.7 Å². The molecule has 1 aromatic heterocycles. The van der Waals surface area contributed by atoms with Crippen LogP contribution in [0.2, 0.25) is 0 Å². The maximum absolute atomic E-state index is 13.0. The van der Waals surface area contributed by atoms with E-state index < -0.39 is 0 Å². The lowest BCUT2D eigenvalue weighted by Gasteiger charge is -2.08. The highest BCUT2D eigenvalue weighted by Gasteiger charge is 2.12. The molecule has 2 N–H and O–H groups in total. The summed E-state index contributed by atoms with van der Waals surface area (Å²) in [6.45, 7) is 4.13. The number of halogens is 1. The van der Waals surface area contributed by atoms with E-state index in [1.54, 1.807) is 0 Å². The van der Waals surface area contributed by atoms with Gasteiger partial charge in [0.25, 0.3) is 0 Å². The summed E-state index contributed by atoms with van der Waals surface area (Å²) in [4.78, 5) is 3.25. The average Bonchev–Trinajstić information content (AvgIpc) is 2.54. The summed E-state index contributed by atoms with van der Waals surface area (Å²) in [5, 5.41) is 4.26. The predicted molar refractivity (Wildman–Crippen MR) is 60.5 cm³/mol. The number of nitrogens with one attached hydrogen (secondary N) is 2. The zero-order chi connectivity index (χ0) is 11.0. The molecule has 0 saturated heterocycles. The minimum absolute atomic E-state index is 0.201. The molecule has 0 fully saturated rings. The Kier molecular flexibility index (Phi) is 2.49. The summed E-state index contributed by atoms with van der Waals surface area (Å²) in [5.41, 5.74) is 3.18. The van der Waals surface area contributed by atoms with Crippen molar-refractivity contribution in [1.82, 2.24) is 10.3 Å². The predicted octanol–water partition coefficient (Wildman–Crippen LogP) is 2.90. The van der Waals surface area contributed by atoms with Crippen LogP contribution < -0.4 is 5.32 Å². The third kappa shape index (κ3) is 1.63. The molecule has 0 amide bonds. The number of fused-ring (bicyclic) bond motifs is 1. The van der Waals surface area contributed by atoms with E-state index in [1.807, 2.05) is 13.1 Å². The zero-order valence-corrected chi connectivity index (χ0v) is 9.19. The summed E-state index contributed by atoms with van der Waals surface area (Å²) in [6.07, 6.45) is 0. The van der Waals surface area contributed by atoms with Gasteiger partial charge in [0.2, 0.25) is 0 Å². The number of aryl methyl sites for hydroxylation is 1. The van der Waals surface area contributed by atoms with Crippen molar-refractivity contribution in [2.75, 3.05) is 7.05 Å². The summed E-state index contributed by atoms with van der Waals surface area (Å²) in [7, 11) is 1.91. The van der Waals surface area contributed by atoms with Gasteiger partial charge in [-0.05, 0) is 44.7 Å². The minimum Gasteiger partial charge on any atom is -0.357 e. The third-order valence-electron chi connectivity index (χ3n) is 2.92. The zero-order valence-electron chi connectivity index (χ0n) is 9.19. The lowest BCUT2D eigenvalue weighted by molar-refractivity contribution is 0.628. The number of benzene rings is 1. The van der Waals surface area contributed by atoms with Gasteiger partial charge in [-0.1, -0.05) is 0 Å². The van der Waals surface area contributed by atoms with Crippen LogP contribution in [-0.4, -0.2) is 12.0 Å². The van der Waals surface area contributed by atoms with E-state index in [-0.39, 0.29) is 11.9 Å². The Morgan fingerprint density at radius 1 is 1.40 bits per heavy atom. The fraction of sp³-hybridized carbons (Fsp3) is 0.333. The molecule has 1 atom stereocenters. The van der Waals surface area contributed by atoms with Gasteiger partial charge in [0.1, 0.15) is 5.82 Å². The van der Waals surface area contributed by atoms with E-state index >= 15 is 0 Å². The first kappa shape index (κ1) is 10.2. The topological polar surface area (TPSA) is 27.8 Å². The van der Waals surface area contributed by atoms with Gasteiger partial charge in [-0.15, -0.1) is 0 Å². The summed E-state index contributed by atoms with van der Waals surface area (Å²) in [6, 6.07) is 5.11. The number of hydrogen-bond donors (Lipinski definition) is 2. The van der Waals surface area contributed by atoms with Crippen LogP contribution in [0.3, 0.4) is 0 Å². The lowest BCUT2D eigenvalue weighted by Crippen LogP contribution is -2.13. The normalized spacial score (nSPS) is 13.3. The second-order valence-corrected chi connectivity index (χ2v) is 3.86. The second-order valence-electron chi connectivity index (χ2n) is 3.86. The first-order chi connectivity index (χ1) is 7.13. The maximum atomic E-state index is 13.0. The Morgan fingerprint density at radius 2 is 2.13 bits per heavy atom. The van der Waals surface area contributed by atoms with E-state index in [0.717, 1.165) is 16.6 Å². The summed E-state index contributed by atoms with van der Waals surface area (Å²) in [5.74, 6) is -0.201. The molecule has 1 unspecified atom stereocenters. The van der Waals surface area contributed by atoms with Crippen LogP contribution >= 0.6 is 0 Å². The molecule has 1 aromatic carbocycles. The van der Waals surface area contributed by atoms with Crippen LogP contribution in [0.5, 0.6) is 0 Å². The molecule has 0 radical (unpaired) electrons. The monoisotopic (exact) mass is 206 g/mol. The van der Waals surface area contributed by atoms with Crippen molar-refractivity contribution in [3.8, 4) is 0 Å². The van der Waals surface area contributed by atoms with Crippen molar-refractivity contribution in [3.05, 3.63) is 35.3 Å². The van der Waals surface area contributed by atoms with Gasteiger partial charge in [-0.2, -0.15) is 0 Å². The fourth-order valence-corrected chi connectivity index (χ4v) is 1.91. The second kappa shape index (κ2) is 3.66. The van der Waals surface area contributed by atoms with E-state index in [1.165, 1.54) is 17.7 Å². The lowest BCUT2D eigenvalue weighted by atomic mass is 10.1. The van der Waals surface area contributed by atoms with Crippen LogP contribution in [-0.2, 0) is 0 Å². The van der Waals surface area contributed by atoms with Gasteiger partial charge < -0.3 is 10.3 Å². The van der Waals surface area contributed by atoms with E-state index in [9.17, 15) is 4.39 Å². The van der Waals surface area contributed by atoms with Crippen molar-refractivity contribution >= 4 is 10.9 Å². The molecule has 0 spiro atoms. The van der Waals surface area contributed by atoms with Gasteiger partial charge in [0.05, 0.1) is 0 Å². The van der Waals surface area contributed by atoms with Crippen LogP contribution in [0.1, 0.15) is 24.2 Å². The molecule has 0 aliphatic rings. The molecule has 0 aliphatic heterocycles. The smallest absolute Gasteiger partial charge is 0.125 e. The van der Waals surface area contributed by atoms with Gasteiger partial charge in [0.15, 0.2) is 0 Å². The van der Waals surface area contributed by atoms with Crippen molar-refractivity contribution in [3.63, 3.8) is 0 Å². The molecule has 2 aromatic rings. The van der Waals surface area contributed by atoms with E-state index in [2.05, 4.69) is 24.1 Å². The van der Waals surface area contributed by atoms with Crippen molar-refractivity contribution in [2.24, 2.45) is 0 Å². The molecular formula is C12H15FN2. The number of rotatable bonds is 2. The third-order valence-corrected chi connectivity index (χ3v) is 2.92. The molecule has 2 rings (SSSR count). The summed E-state index contributed by atoms with van der Waals surface area (Å²) >= 11 is 0. The molecule has 3 heteroatoms. The fourth-order valence-electron chi connectivity index (χ4n) is 1.91. The highest BCUT2D eigenvalue weighted by Crippen LogP contribution is 2.26. The number of aromatic nitrogens is 1. The Bertz CT molecular complexity index is 488. The van der Waals surface area contributed by atoms with E-state index in [0.29, 0.717) is 0 Å². The van der Waals surface area contributed by atoms with E-state index in [4.69, 9.17) is 0 Å². The highest BCUT2D eigenvalue weighted by atomic mass is 19.1. The van der Waals surface area contributed by atoms with Crippen molar-refractivity contribution in [2.45, 2.75) is 19.9 Å². The highest BCUT2D eigenvalue weighted by molar-refractivity contribution is 5.84. The van der Waals surface area contributed by atoms with Gasteiger partial charge in [-0.3, -0.25) is 0 Å². The Morgan fingerprint density at radius 3 is 2.80 bits per heavy atom. The Hall–Kier alpha value is -1.35. The minimum atomic E-state index is -0.201. The SMILES string of the molecule is CNC(C)c1[nH]c2cc(F)ccc2c1C. The molecule has 2 nitrogen and oxygen atoms in total. The quantitative estimate of drug-likeness (QED) is 0.777. The molecular weight excluding hydrogens is 191 g/mol. The Labute approximate surface area is 88.5 Å². The molecule has 15 heavy (non-hydrogen) atoms. The van der Waals surface area contributed by atoms with Crippen LogP contribution in [0.15, 0.2) is 18.2 Å². The molecule has 0 aliphatic carbocycles. The van der Waals surface area contributed by atoms with Gasteiger partial charge in [-0.25, -0.2) is 4.39 Å². The molecule has 0 bridgehead atoms. The average molecular weight is 206 g/mol. The van der Waals surface area contributed by atoms with Crippen molar-refractivity contribution < 1.29 is 4.39 Å². The first-order valence-corrected chi connectivity index (χ1v) is 5.08. The van der Waals surface area contributed by atoms with Crippen LogP contribution in [0.4, 0.5) is 4.39 Å². The first-order valence-electron chi connectivity index (χ1n) is 5.08. The number of H-pyrrole nitrogens is 1. The molecule has 1 heterocycles. The number of hydrogen-bond acceptors (Lipinski definition) is 1. The largest absolute Gasteiger partial charge is 0.357 e. The standard InChI is InChI=1S/C12H15FN2/c1-7-10-5-4-9(13)6-11(10)15-12(7)8(2)14-3/h4-6,8,14-15H,1-3H3. The summed E-state index contributed by atoms with van der Waals surface area (Å²) < 4.78 is 13.0. The molecule has 80 valence electrons. The van der Waals surface area contributed by atoms with Gasteiger partial charge >= 0.3 is 0 Å². The Balaban J connectivity index is 2.63. The maximum Gasteiger partial charge on any atom is 0.125 e. The number of aromatic amines is 1. The van der Waals surface area contributed by atoms with Gasteiger partial charge in [0, 0.05) is 22.6 Å². The molecule has 0 saturated carbocycles.